The number of carbonyl (C=O) groups excluding carboxylic acids is 2. The number of hydrogen-bond donors (Lipinski definition) is 1. The predicted octanol–water partition coefficient (Wildman–Crippen LogP) is 3.03. The van der Waals surface area contributed by atoms with Gasteiger partial charge in [0.2, 0.25) is 0 Å². The summed E-state index contributed by atoms with van der Waals surface area (Å²) in [6.07, 6.45) is 3.03. The molecule has 0 bridgehead atoms. The summed E-state index contributed by atoms with van der Waals surface area (Å²) in [4.78, 5) is 26.3. The first-order chi connectivity index (χ1) is 14.1. The van der Waals surface area contributed by atoms with Crippen LogP contribution in [0, 0.1) is 0 Å². The van der Waals surface area contributed by atoms with Crippen LogP contribution in [0.4, 0.5) is 0 Å². The van der Waals surface area contributed by atoms with E-state index < -0.39 is 0 Å². The molecule has 150 valence electrons. The van der Waals surface area contributed by atoms with E-state index in [0.717, 1.165) is 11.3 Å². The maximum Gasteiger partial charge on any atom is 0.290 e. The van der Waals surface area contributed by atoms with Gasteiger partial charge in [0, 0.05) is 19.2 Å². The van der Waals surface area contributed by atoms with Crippen LogP contribution < -0.4 is 10.1 Å². The van der Waals surface area contributed by atoms with E-state index in [0.29, 0.717) is 18.8 Å². The van der Waals surface area contributed by atoms with Crippen LogP contribution >= 0.6 is 0 Å². The van der Waals surface area contributed by atoms with Crippen LogP contribution in [0.1, 0.15) is 32.4 Å². The minimum atomic E-state index is -0.372. The number of methoxy groups -OCH3 is 1. The van der Waals surface area contributed by atoms with Gasteiger partial charge in [0.05, 0.1) is 19.9 Å². The fourth-order valence-corrected chi connectivity index (χ4v) is 2.63. The lowest BCUT2D eigenvalue weighted by atomic mass is 10.2. The van der Waals surface area contributed by atoms with E-state index in [9.17, 15) is 9.59 Å². The quantitative estimate of drug-likeness (QED) is 0.559. The number of hydrogen-bond acceptors (Lipinski definition) is 6. The first-order valence-corrected chi connectivity index (χ1v) is 8.91. The third-order valence-corrected chi connectivity index (χ3v) is 4.12. The second-order valence-electron chi connectivity index (χ2n) is 6.16. The fraction of sp³-hybridized carbons (Fsp3) is 0.190. The van der Waals surface area contributed by atoms with E-state index in [2.05, 4.69) is 17.1 Å². The van der Waals surface area contributed by atoms with Crippen molar-refractivity contribution in [3.05, 3.63) is 84.2 Å². The molecule has 1 aromatic carbocycles. The number of nitrogens with one attached hydrogen (secondary N) is 1. The van der Waals surface area contributed by atoms with Gasteiger partial charge in [-0.3, -0.25) is 9.59 Å². The summed E-state index contributed by atoms with van der Waals surface area (Å²) in [5.74, 6) is 0.653. The first-order valence-electron chi connectivity index (χ1n) is 8.91. The average molecular weight is 395 g/mol. The molecule has 8 nitrogen and oxygen atoms in total. The van der Waals surface area contributed by atoms with Gasteiger partial charge in [0.25, 0.3) is 11.8 Å². The van der Waals surface area contributed by atoms with Gasteiger partial charge in [-0.1, -0.05) is 23.4 Å². The smallest absolute Gasteiger partial charge is 0.290 e. The van der Waals surface area contributed by atoms with Gasteiger partial charge in [-0.25, -0.2) is 0 Å². The zero-order chi connectivity index (χ0) is 20.6. The van der Waals surface area contributed by atoms with Crippen molar-refractivity contribution in [2.75, 3.05) is 13.7 Å². The van der Waals surface area contributed by atoms with Gasteiger partial charge in [0.15, 0.2) is 17.2 Å². The molecule has 0 saturated heterocycles. The molecular formula is C21H21N3O5. The highest BCUT2D eigenvalue weighted by molar-refractivity contribution is 5.92. The summed E-state index contributed by atoms with van der Waals surface area (Å²) in [5.41, 5.74) is 1.06. The highest BCUT2D eigenvalue weighted by Gasteiger charge is 2.20. The molecular weight excluding hydrogens is 374 g/mol. The van der Waals surface area contributed by atoms with E-state index in [1.54, 1.807) is 25.3 Å². The Labute approximate surface area is 167 Å². The van der Waals surface area contributed by atoms with Gasteiger partial charge in [-0.05, 0) is 29.8 Å². The SMILES string of the molecule is C=CCN(Cc1cc(C(=O)NCc2ccc(OC)cc2)no1)C(=O)c1ccco1. The fourth-order valence-electron chi connectivity index (χ4n) is 2.63. The standard InChI is InChI=1S/C21H21N3O5/c1-3-10-24(21(26)19-5-4-11-28-19)14-17-12-18(23-29-17)20(25)22-13-15-6-8-16(27-2)9-7-15/h3-9,11-12H,1,10,13-14H2,2H3,(H,22,25). The Bertz CT molecular complexity index is 961. The Morgan fingerprint density at radius 2 is 2.07 bits per heavy atom. The van der Waals surface area contributed by atoms with Crippen molar-refractivity contribution in [3.63, 3.8) is 0 Å². The van der Waals surface area contributed by atoms with Crippen molar-refractivity contribution in [1.29, 1.82) is 0 Å². The van der Waals surface area contributed by atoms with E-state index >= 15 is 0 Å². The molecule has 2 amide bonds. The minimum Gasteiger partial charge on any atom is -0.497 e. The van der Waals surface area contributed by atoms with Gasteiger partial charge >= 0.3 is 0 Å². The lowest BCUT2D eigenvalue weighted by Gasteiger charge is -2.17. The van der Waals surface area contributed by atoms with Crippen LogP contribution in [0.15, 0.2) is 70.3 Å². The normalized spacial score (nSPS) is 10.4. The Morgan fingerprint density at radius 3 is 2.72 bits per heavy atom. The maximum atomic E-state index is 12.5. The Balaban J connectivity index is 1.60. The molecule has 3 aromatic rings. The van der Waals surface area contributed by atoms with E-state index in [-0.39, 0.29) is 29.8 Å². The summed E-state index contributed by atoms with van der Waals surface area (Å²) in [6, 6.07) is 12.1. The summed E-state index contributed by atoms with van der Waals surface area (Å²) in [7, 11) is 1.59. The van der Waals surface area contributed by atoms with Crippen molar-refractivity contribution < 1.29 is 23.3 Å². The van der Waals surface area contributed by atoms with Crippen molar-refractivity contribution in [2.45, 2.75) is 13.1 Å². The van der Waals surface area contributed by atoms with Gasteiger partial charge in [-0.2, -0.15) is 0 Å². The molecule has 0 atom stereocenters. The molecule has 0 spiro atoms. The molecule has 0 fully saturated rings. The van der Waals surface area contributed by atoms with Crippen molar-refractivity contribution in [1.82, 2.24) is 15.4 Å². The van der Waals surface area contributed by atoms with Gasteiger partial charge in [-0.15, -0.1) is 6.58 Å². The second-order valence-corrected chi connectivity index (χ2v) is 6.16. The third kappa shape index (κ3) is 5.13. The average Bonchev–Trinajstić information content (AvgIpc) is 3.44. The van der Waals surface area contributed by atoms with Crippen LogP contribution in [0.2, 0.25) is 0 Å². The summed E-state index contributed by atoms with van der Waals surface area (Å²) in [6.45, 7) is 4.42. The zero-order valence-corrected chi connectivity index (χ0v) is 16.0. The van der Waals surface area contributed by atoms with Crippen LogP contribution in [-0.4, -0.2) is 35.5 Å². The van der Waals surface area contributed by atoms with E-state index in [1.807, 2.05) is 24.3 Å². The number of aromatic nitrogens is 1. The van der Waals surface area contributed by atoms with Crippen molar-refractivity contribution in [3.8, 4) is 5.75 Å². The highest BCUT2D eigenvalue weighted by Crippen LogP contribution is 2.13. The number of nitrogens with zero attached hydrogens (tertiary/aromatic N) is 2. The van der Waals surface area contributed by atoms with Gasteiger partial charge in [0.1, 0.15) is 5.75 Å². The monoisotopic (exact) mass is 395 g/mol. The van der Waals surface area contributed by atoms with Crippen LogP contribution in [-0.2, 0) is 13.1 Å². The topological polar surface area (TPSA) is 97.8 Å². The number of carbonyl (C=O) groups is 2. The number of rotatable bonds is 9. The van der Waals surface area contributed by atoms with Crippen LogP contribution in [0.5, 0.6) is 5.75 Å². The largest absolute Gasteiger partial charge is 0.497 e. The lowest BCUT2D eigenvalue weighted by molar-refractivity contribution is 0.0715. The van der Waals surface area contributed by atoms with E-state index in [4.69, 9.17) is 13.7 Å². The molecule has 8 heteroatoms. The number of benzene rings is 1. The number of amides is 2. The Hall–Kier alpha value is -3.81. The molecule has 1 N–H and O–H groups in total. The first kappa shape index (κ1) is 19.9. The molecule has 0 aliphatic heterocycles. The molecule has 2 aromatic heterocycles. The molecule has 0 unspecified atom stereocenters. The Kier molecular flexibility index (Phi) is 6.47. The maximum absolute atomic E-state index is 12.5. The second kappa shape index (κ2) is 9.41. The third-order valence-electron chi connectivity index (χ3n) is 4.12. The molecule has 2 heterocycles. The van der Waals surface area contributed by atoms with Crippen LogP contribution in [0.3, 0.4) is 0 Å². The lowest BCUT2D eigenvalue weighted by Crippen LogP contribution is -2.30. The molecule has 0 aliphatic rings. The molecule has 3 rings (SSSR count). The van der Waals surface area contributed by atoms with Crippen LogP contribution in [0.25, 0.3) is 0 Å². The summed E-state index contributed by atoms with van der Waals surface area (Å²) in [5, 5.41) is 6.57. The summed E-state index contributed by atoms with van der Waals surface area (Å²) >= 11 is 0. The number of furan rings is 1. The Morgan fingerprint density at radius 1 is 1.28 bits per heavy atom. The zero-order valence-electron chi connectivity index (χ0n) is 16.0. The predicted molar refractivity (Wildman–Crippen MR) is 104 cm³/mol. The summed E-state index contributed by atoms with van der Waals surface area (Å²) < 4.78 is 15.5. The minimum absolute atomic E-state index is 0.129. The molecule has 0 radical (unpaired) electrons. The highest BCUT2D eigenvalue weighted by atomic mass is 16.5. The number of ether oxygens (including phenoxy) is 1. The van der Waals surface area contributed by atoms with Gasteiger partial charge < -0.3 is 23.9 Å². The molecule has 29 heavy (non-hydrogen) atoms. The van der Waals surface area contributed by atoms with Crippen molar-refractivity contribution >= 4 is 11.8 Å². The van der Waals surface area contributed by atoms with E-state index in [1.165, 1.54) is 17.2 Å². The molecule has 0 saturated carbocycles. The molecule has 0 aliphatic carbocycles. The van der Waals surface area contributed by atoms with Crippen molar-refractivity contribution in [2.24, 2.45) is 0 Å².